The van der Waals surface area contributed by atoms with E-state index >= 15 is 0 Å². The Kier molecular flexibility index (Phi) is 5.98. The highest BCUT2D eigenvalue weighted by Crippen LogP contribution is 2.26. The second-order valence-corrected chi connectivity index (χ2v) is 8.77. The van der Waals surface area contributed by atoms with Crippen LogP contribution in [0.15, 0.2) is 70.6 Å². The molecule has 164 valence electrons. The Morgan fingerprint density at radius 1 is 1.03 bits per heavy atom. The average molecular weight is 456 g/mol. The maximum absolute atomic E-state index is 12.8. The third-order valence-corrected chi connectivity index (χ3v) is 6.57. The predicted molar refractivity (Wildman–Crippen MR) is 125 cm³/mol. The number of hydrogen-bond acceptors (Lipinski definition) is 7. The number of rotatable bonds is 5. The monoisotopic (exact) mass is 455 g/mol. The number of nitrogens with zero attached hydrogens (tertiary/aromatic N) is 5. The van der Waals surface area contributed by atoms with E-state index in [0.29, 0.717) is 35.9 Å². The third-order valence-electron chi connectivity index (χ3n) is 5.71. The number of nitriles is 1. The van der Waals surface area contributed by atoms with Gasteiger partial charge >= 0.3 is 0 Å². The molecule has 0 bridgehead atoms. The number of amides is 1. The summed E-state index contributed by atoms with van der Waals surface area (Å²) in [5, 5.41) is 15.4. The quantitative estimate of drug-likeness (QED) is 0.446. The zero-order chi connectivity index (χ0) is 22.6. The van der Waals surface area contributed by atoms with Gasteiger partial charge in [0.2, 0.25) is 5.82 Å². The molecule has 1 aliphatic rings. The molecule has 7 nitrogen and oxygen atoms in total. The van der Waals surface area contributed by atoms with Crippen LogP contribution in [0.1, 0.15) is 21.5 Å². The highest BCUT2D eigenvalue weighted by atomic mass is 32.1. The summed E-state index contributed by atoms with van der Waals surface area (Å²) in [4.78, 5) is 22.4. The number of benzene rings is 2. The van der Waals surface area contributed by atoms with E-state index in [9.17, 15) is 10.1 Å². The lowest BCUT2D eigenvalue weighted by molar-refractivity contribution is 0.0628. The molecule has 0 saturated carbocycles. The molecule has 8 heteroatoms. The minimum atomic E-state index is -0.0711. The normalized spacial score (nSPS) is 14.2. The Balaban J connectivity index is 1.18. The van der Waals surface area contributed by atoms with Gasteiger partial charge in [-0.25, -0.2) is 0 Å². The van der Waals surface area contributed by atoms with E-state index in [0.717, 1.165) is 30.1 Å². The van der Waals surface area contributed by atoms with Gasteiger partial charge in [-0.2, -0.15) is 10.2 Å². The van der Waals surface area contributed by atoms with Crippen molar-refractivity contribution >= 4 is 17.2 Å². The van der Waals surface area contributed by atoms with E-state index < -0.39 is 0 Å². The molecule has 33 heavy (non-hydrogen) atoms. The molecule has 0 spiro atoms. The first-order chi connectivity index (χ1) is 16.2. The minimum absolute atomic E-state index is 0.0711. The highest BCUT2D eigenvalue weighted by Gasteiger charge is 2.23. The molecule has 0 radical (unpaired) electrons. The molecule has 1 aliphatic heterocycles. The SMILES string of the molecule is N#Cc1ccccc1C(=O)N1CCN(Cc2ccc(-c3noc(-c4cccs4)n3)cc2)CC1. The molecule has 3 heterocycles. The molecule has 1 saturated heterocycles. The van der Waals surface area contributed by atoms with Crippen molar-refractivity contribution in [1.82, 2.24) is 19.9 Å². The Bertz CT molecular complexity index is 1280. The number of carbonyl (C=O) groups is 1. The van der Waals surface area contributed by atoms with Crippen LogP contribution < -0.4 is 0 Å². The van der Waals surface area contributed by atoms with Crippen molar-refractivity contribution in [2.45, 2.75) is 6.54 Å². The number of carbonyl (C=O) groups excluding carboxylic acids is 1. The van der Waals surface area contributed by atoms with Crippen LogP contribution in [-0.4, -0.2) is 52.0 Å². The Labute approximate surface area is 195 Å². The maximum Gasteiger partial charge on any atom is 0.268 e. The van der Waals surface area contributed by atoms with Gasteiger partial charge < -0.3 is 9.42 Å². The van der Waals surface area contributed by atoms with Crippen LogP contribution >= 0.6 is 11.3 Å². The standard InChI is InChI=1S/C25H21N5O2S/c26-16-20-4-1-2-5-21(20)25(31)30-13-11-29(12-14-30)17-18-7-9-19(10-8-18)23-27-24(32-28-23)22-6-3-15-33-22/h1-10,15H,11-14,17H2. The molecule has 4 aromatic rings. The van der Waals surface area contributed by atoms with Crippen molar-refractivity contribution in [3.8, 4) is 28.2 Å². The fraction of sp³-hybridized carbons (Fsp3) is 0.200. The second kappa shape index (κ2) is 9.36. The molecule has 0 unspecified atom stereocenters. The van der Waals surface area contributed by atoms with E-state index in [-0.39, 0.29) is 5.91 Å². The molecule has 0 aliphatic carbocycles. The zero-order valence-corrected chi connectivity index (χ0v) is 18.7. The van der Waals surface area contributed by atoms with Crippen LogP contribution in [0.2, 0.25) is 0 Å². The Hall–Kier alpha value is -3.80. The molecule has 1 fully saturated rings. The summed E-state index contributed by atoms with van der Waals surface area (Å²) in [6.07, 6.45) is 0. The van der Waals surface area contributed by atoms with Gasteiger partial charge in [0.05, 0.1) is 22.1 Å². The molecule has 0 atom stereocenters. The lowest BCUT2D eigenvalue weighted by Crippen LogP contribution is -2.48. The van der Waals surface area contributed by atoms with E-state index in [4.69, 9.17) is 4.52 Å². The molecule has 2 aromatic heterocycles. The maximum atomic E-state index is 12.8. The van der Waals surface area contributed by atoms with Gasteiger partial charge in [0.25, 0.3) is 11.8 Å². The fourth-order valence-corrected chi connectivity index (χ4v) is 4.55. The Morgan fingerprint density at radius 2 is 1.82 bits per heavy atom. The molecule has 0 N–H and O–H groups in total. The average Bonchev–Trinajstić information content (AvgIpc) is 3.57. The van der Waals surface area contributed by atoms with Crippen LogP contribution in [0.4, 0.5) is 0 Å². The van der Waals surface area contributed by atoms with Gasteiger partial charge in [-0.1, -0.05) is 47.6 Å². The summed E-state index contributed by atoms with van der Waals surface area (Å²) in [5.74, 6) is 1.04. The summed E-state index contributed by atoms with van der Waals surface area (Å²) in [5.41, 5.74) is 3.01. The lowest BCUT2D eigenvalue weighted by atomic mass is 10.1. The van der Waals surface area contributed by atoms with E-state index in [1.54, 1.807) is 35.6 Å². The van der Waals surface area contributed by atoms with E-state index in [1.807, 2.05) is 34.5 Å². The lowest BCUT2D eigenvalue weighted by Gasteiger charge is -2.35. The summed E-state index contributed by atoms with van der Waals surface area (Å²) in [6.45, 7) is 3.67. The topological polar surface area (TPSA) is 86.3 Å². The number of hydrogen-bond donors (Lipinski definition) is 0. The van der Waals surface area contributed by atoms with Crippen molar-refractivity contribution in [2.75, 3.05) is 26.2 Å². The molecule has 5 rings (SSSR count). The molecule has 1 amide bonds. The largest absolute Gasteiger partial charge is 0.336 e. The summed E-state index contributed by atoms with van der Waals surface area (Å²) >= 11 is 1.57. The number of piperazine rings is 1. The van der Waals surface area contributed by atoms with Crippen molar-refractivity contribution in [2.24, 2.45) is 0 Å². The highest BCUT2D eigenvalue weighted by molar-refractivity contribution is 7.13. The van der Waals surface area contributed by atoms with Crippen molar-refractivity contribution in [1.29, 1.82) is 5.26 Å². The molecule has 2 aromatic carbocycles. The zero-order valence-electron chi connectivity index (χ0n) is 17.8. The smallest absolute Gasteiger partial charge is 0.268 e. The van der Waals surface area contributed by atoms with Crippen LogP contribution in [-0.2, 0) is 6.54 Å². The first-order valence-corrected chi connectivity index (χ1v) is 11.6. The summed E-state index contributed by atoms with van der Waals surface area (Å²) in [6, 6.07) is 21.2. The number of thiophene rings is 1. The Morgan fingerprint density at radius 3 is 2.55 bits per heavy atom. The second-order valence-electron chi connectivity index (χ2n) is 7.82. The first kappa shape index (κ1) is 21.1. The van der Waals surface area contributed by atoms with Gasteiger partial charge in [0, 0.05) is 38.3 Å². The fourth-order valence-electron chi connectivity index (χ4n) is 3.91. The minimum Gasteiger partial charge on any atom is -0.336 e. The molecular formula is C25H21N5O2S. The third kappa shape index (κ3) is 4.55. The van der Waals surface area contributed by atoms with Crippen LogP contribution in [0.25, 0.3) is 22.2 Å². The van der Waals surface area contributed by atoms with Crippen molar-refractivity contribution < 1.29 is 9.32 Å². The van der Waals surface area contributed by atoms with Gasteiger partial charge in [0.1, 0.15) is 0 Å². The van der Waals surface area contributed by atoms with E-state index in [1.165, 1.54) is 5.56 Å². The van der Waals surface area contributed by atoms with E-state index in [2.05, 4.69) is 33.2 Å². The summed E-state index contributed by atoms with van der Waals surface area (Å²) in [7, 11) is 0. The molecular weight excluding hydrogens is 434 g/mol. The first-order valence-electron chi connectivity index (χ1n) is 10.7. The van der Waals surface area contributed by atoms with Gasteiger partial charge in [-0.05, 0) is 29.1 Å². The predicted octanol–water partition coefficient (Wildman–Crippen LogP) is 4.29. The summed E-state index contributed by atoms with van der Waals surface area (Å²) < 4.78 is 5.38. The van der Waals surface area contributed by atoms with Gasteiger partial charge in [0.15, 0.2) is 0 Å². The van der Waals surface area contributed by atoms with Crippen LogP contribution in [0, 0.1) is 11.3 Å². The van der Waals surface area contributed by atoms with Crippen LogP contribution in [0.5, 0.6) is 0 Å². The van der Waals surface area contributed by atoms with Crippen molar-refractivity contribution in [3.63, 3.8) is 0 Å². The van der Waals surface area contributed by atoms with Gasteiger partial charge in [-0.3, -0.25) is 9.69 Å². The van der Waals surface area contributed by atoms with Gasteiger partial charge in [-0.15, -0.1) is 11.3 Å². The van der Waals surface area contributed by atoms with Crippen LogP contribution in [0.3, 0.4) is 0 Å². The number of aromatic nitrogens is 2. The van der Waals surface area contributed by atoms with Crippen molar-refractivity contribution in [3.05, 3.63) is 82.7 Å².